The largest absolute Gasteiger partial charge is 0.355 e. The maximum absolute atomic E-state index is 12.0. The lowest BCUT2D eigenvalue weighted by Gasteiger charge is -2.15. The number of carbonyl (C=O) groups excluding carboxylic acids is 1. The zero-order valence-electron chi connectivity index (χ0n) is 11.8. The van der Waals surface area contributed by atoms with Gasteiger partial charge in [0.15, 0.2) is 5.65 Å². The van der Waals surface area contributed by atoms with Gasteiger partial charge in [-0.2, -0.15) is 0 Å². The molecule has 4 rings (SSSR count). The number of aromatic nitrogens is 3. The van der Waals surface area contributed by atoms with E-state index in [1.807, 2.05) is 13.0 Å². The molecule has 0 aromatic carbocycles. The number of hydrogen-bond acceptors (Lipinski definition) is 4. The number of carbonyl (C=O) groups is 1. The molecule has 21 heavy (non-hydrogen) atoms. The number of aromatic amines is 1. The zero-order chi connectivity index (χ0) is 14.6. The van der Waals surface area contributed by atoms with Gasteiger partial charge in [0.05, 0.1) is 11.6 Å². The van der Waals surface area contributed by atoms with E-state index in [1.165, 1.54) is 4.52 Å². The van der Waals surface area contributed by atoms with Crippen molar-refractivity contribution in [3.8, 4) is 0 Å². The summed E-state index contributed by atoms with van der Waals surface area (Å²) >= 11 is 0. The molecule has 2 fully saturated rings. The molecule has 2 N–H and O–H groups in total. The second-order valence-corrected chi connectivity index (χ2v) is 6.02. The van der Waals surface area contributed by atoms with Crippen LogP contribution in [0.2, 0.25) is 0 Å². The third-order valence-electron chi connectivity index (χ3n) is 4.41. The van der Waals surface area contributed by atoms with Crippen LogP contribution in [0.1, 0.15) is 11.4 Å². The summed E-state index contributed by atoms with van der Waals surface area (Å²) in [5, 5.41) is 5.86. The van der Waals surface area contributed by atoms with E-state index in [1.54, 1.807) is 6.07 Å². The highest BCUT2D eigenvalue weighted by atomic mass is 16.2. The Morgan fingerprint density at radius 2 is 2.19 bits per heavy atom. The van der Waals surface area contributed by atoms with Crippen LogP contribution >= 0.6 is 0 Å². The third kappa shape index (κ3) is 2.04. The average molecular weight is 287 g/mol. The van der Waals surface area contributed by atoms with Gasteiger partial charge in [0, 0.05) is 49.9 Å². The van der Waals surface area contributed by atoms with Gasteiger partial charge in [0.2, 0.25) is 5.91 Å². The van der Waals surface area contributed by atoms with Crippen LogP contribution in [0, 0.1) is 18.8 Å². The predicted octanol–water partition coefficient (Wildman–Crippen LogP) is -0.491. The number of likely N-dealkylation sites (tertiary alicyclic amines) is 1. The minimum absolute atomic E-state index is 0.0970. The Morgan fingerprint density at radius 1 is 1.33 bits per heavy atom. The van der Waals surface area contributed by atoms with E-state index >= 15 is 0 Å². The molecule has 4 heterocycles. The maximum atomic E-state index is 12.0. The standard InChI is InChI=1S/C14H17N5O2/c1-8-2-12-16-10(3-13(20)19(12)17-8)6-18-5-9-4-15-14(21)11(9)7-18/h2-3,9,11,17H,4-7H2,1H3,(H,15,21)/t9-,11+/m0/s1. The summed E-state index contributed by atoms with van der Waals surface area (Å²) in [4.78, 5) is 30.5. The van der Waals surface area contributed by atoms with Gasteiger partial charge in [-0.3, -0.25) is 19.6 Å². The van der Waals surface area contributed by atoms with Crippen molar-refractivity contribution in [1.29, 1.82) is 0 Å². The van der Waals surface area contributed by atoms with Crippen LogP contribution in [0.3, 0.4) is 0 Å². The lowest BCUT2D eigenvalue weighted by atomic mass is 10.0. The van der Waals surface area contributed by atoms with Crippen molar-refractivity contribution >= 4 is 11.6 Å². The molecule has 2 aliphatic heterocycles. The molecular formula is C14H17N5O2. The summed E-state index contributed by atoms with van der Waals surface area (Å²) in [5.74, 6) is 0.661. The molecule has 0 aliphatic carbocycles. The molecule has 0 saturated carbocycles. The molecule has 2 aromatic heterocycles. The van der Waals surface area contributed by atoms with E-state index in [2.05, 4.69) is 20.3 Å². The van der Waals surface area contributed by atoms with Crippen LogP contribution in [-0.4, -0.2) is 45.0 Å². The van der Waals surface area contributed by atoms with Gasteiger partial charge < -0.3 is 5.32 Å². The first-order valence-corrected chi connectivity index (χ1v) is 7.18. The van der Waals surface area contributed by atoms with Crippen molar-refractivity contribution in [2.24, 2.45) is 11.8 Å². The number of nitrogens with one attached hydrogen (secondary N) is 2. The molecule has 0 bridgehead atoms. The van der Waals surface area contributed by atoms with E-state index in [9.17, 15) is 9.59 Å². The normalized spacial score (nSPS) is 25.5. The Morgan fingerprint density at radius 3 is 3.00 bits per heavy atom. The molecule has 0 spiro atoms. The van der Waals surface area contributed by atoms with E-state index in [0.29, 0.717) is 18.1 Å². The highest BCUT2D eigenvalue weighted by Gasteiger charge is 2.41. The molecule has 1 amide bonds. The number of aryl methyl sites for hydroxylation is 1. The number of fused-ring (bicyclic) bond motifs is 2. The highest BCUT2D eigenvalue weighted by molar-refractivity contribution is 5.81. The topological polar surface area (TPSA) is 82.5 Å². The molecule has 2 atom stereocenters. The molecule has 2 saturated heterocycles. The summed E-state index contributed by atoms with van der Waals surface area (Å²) in [5.41, 5.74) is 2.22. The van der Waals surface area contributed by atoms with Crippen molar-refractivity contribution < 1.29 is 4.79 Å². The van der Waals surface area contributed by atoms with Crippen LogP contribution in [0.5, 0.6) is 0 Å². The molecule has 110 valence electrons. The van der Waals surface area contributed by atoms with Crippen molar-refractivity contribution in [2.75, 3.05) is 19.6 Å². The number of hydrogen-bond donors (Lipinski definition) is 2. The first kappa shape index (κ1) is 12.6. The number of amides is 1. The van der Waals surface area contributed by atoms with Gasteiger partial charge in [-0.1, -0.05) is 0 Å². The highest BCUT2D eigenvalue weighted by Crippen LogP contribution is 2.27. The Kier molecular flexibility index (Phi) is 2.65. The van der Waals surface area contributed by atoms with Gasteiger partial charge >= 0.3 is 0 Å². The smallest absolute Gasteiger partial charge is 0.272 e. The second kappa shape index (κ2) is 4.42. The van der Waals surface area contributed by atoms with E-state index in [0.717, 1.165) is 31.0 Å². The summed E-state index contributed by atoms with van der Waals surface area (Å²) in [6, 6.07) is 3.42. The lowest BCUT2D eigenvalue weighted by molar-refractivity contribution is -0.122. The summed E-state index contributed by atoms with van der Waals surface area (Å²) < 4.78 is 1.45. The summed E-state index contributed by atoms with van der Waals surface area (Å²) in [6.45, 7) is 4.93. The van der Waals surface area contributed by atoms with Gasteiger partial charge in [0.1, 0.15) is 0 Å². The molecular weight excluding hydrogens is 270 g/mol. The minimum Gasteiger partial charge on any atom is -0.355 e. The molecule has 0 radical (unpaired) electrons. The first-order valence-electron chi connectivity index (χ1n) is 7.18. The van der Waals surface area contributed by atoms with Gasteiger partial charge in [-0.15, -0.1) is 0 Å². The average Bonchev–Trinajstić information content (AvgIpc) is 3.07. The van der Waals surface area contributed by atoms with Crippen LogP contribution in [-0.2, 0) is 11.3 Å². The number of nitrogens with zero attached hydrogens (tertiary/aromatic N) is 3. The number of rotatable bonds is 2. The van der Waals surface area contributed by atoms with E-state index in [-0.39, 0.29) is 17.4 Å². The SMILES string of the molecule is Cc1cc2nc(CN3C[C@@H]4CNC(=O)[C@@H]4C3)cc(=O)n2[nH]1. The molecule has 2 aromatic rings. The molecule has 0 unspecified atom stereocenters. The van der Waals surface area contributed by atoms with Gasteiger partial charge in [-0.25, -0.2) is 9.50 Å². The fourth-order valence-electron chi connectivity index (χ4n) is 3.43. The van der Waals surface area contributed by atoms with Crippen LogP contribution in [0.15, 0.2) is 16.9 Å². The molecule has 7 heteroatoms. The van der Waals surface area contributed by atoms with Crippen LogP contribution < -0.4 is 10.9 Å². The summed E-state index contributed by atoms with van der Waals surface area (Å²) in [7, 11) is 0. The van der Waals surface area contributed by atoms with Crippen molar-refractivity contribution in [1.82, 2.24) is 24.8 Å². The predicted molar refractivity (Wildman–Crippen MR) is 75.8 cm³/mol. The zero-order valence-corrected chi connectivity index (χ0v) is 11.8. The van der Waals surface area contributed by atoms with Crippen molar-refractivity contribution in [3.63, 3.8) is 0 Å². The Balaban J connectivity index is 1.58. The number of H-pyrrole nitrogens is 1. The minimum atomic E-state index is -0.0970. The van der Waals surface area contributed by atoms with E-state index < -0.39 is 0 Å². The summed E-state index contributed by atoms with van der Waals surface area (Å²) in [6.07, 6.45) is 0. The lowest BCUT2D eigenvalue weighted by Crippen LogP contribution is -2.29. The van der Waals surface area contributed by atoms with Crippen molar-refractivity contribution in [3.05, 3.63) is 33.9 Å². The second-order valence-electron chi connectivity index (χ2n) is 6.02. The van der Waals surface area contributed by atoms with Crippen LogP contribution in [0.25, 0.3) is 5.65 Å². The fraction of sp³-hybridized carbons (Fsp3) is 0.500. The quantitative estimate of drug-likeness (QED) is 0.781. The van der Waals surface area contributed by atoms with Gasteiger partial charge in [-0.05, 0) is 6.92 Å². The van der Waals surface area contributed by atoms with Gasteiger partial charge in [0.25, 0.3) is 5.56 Å². The molecule has 7 nitrogen and oxygen atoms in total. The fourth-order valence-corrected chi connectivity index (χ4v) is 3.43. The Labute approximate surface area is 120 Å². The third-order valence-corrected chi connectivity index (χ3v) is 4.41. The Bertz CT molecular complexity index is 777. The maximum Gasteiger partial charge on any atom is 0.272 e. The Hall–Kier alpha value is -2.15. The monoisotopic (exact) mass is 287 g/mol. The first-order chi connectivity index (χ1) is 10.1. The molecule has 2 aliphatic rings. The van der Waals surface area contributed by atoms with Crippen LogP contribution in [0.4, 0.5) is 0 Å². The van der Waals surface area contributed by atoms with E-state index in [4.69, 9.17) is 0 Å². The van der Waals surface area contributed by atoms with Crippen molar-refractivity contribution in [2.45, 2.75) is 13.5 Å².